The topological polar surface area (TPSA) is 65.6 Å². The molecule has 0 saturated carbocycles. The Morgan fingerprint density at radius 3 is 2.11 bits per heavy atom. The largest absolute Gasteiger partial charge is 0.492 e. The molecule has 3 N–H and O–H groups in total. The quantitative estimate of drug-likeness (QED) is 0.445. The SMILES string of the molecule is Cc1cc(O)n(O)c1O. The average molecular weight is 129 g/mol. The molecule has 1 rings (SSSR count). The molecule has 50 valence electrons. The first kappa shape index (κ1) is 5.81. The summed E-state index contributed by atoms with van der Waals surface area (Å²) < 4.78 is 0.315. The van der Waals surface area contributed by atoms with Gasteiger partial charge >= 0.3 is 0 Å². The highest BCUT2D eigenvalue weighted by Gasteiger charge is 2.07. The highest BCUT2D eigenvalue weighted by molar-refractivity contribution is 5.32. The number of hydrogen-bond acceptors (Lipinski definition) is 3. The van der Waals surface area contributed by atoms with Gasteiger partial charge in [0, 0.05) is 11.6 Å². The first-order valence-corrected chi connectivity index (χ1v) is 2.42. The number of aromatic nitrogens is 1. The van der Waals surface area contributed by atoms with Crippen LogP contribution in [0.3, 0.4) is 0 Å². The molecule has 0 aromatic carbocycles. The third-order valence-corrected chi connectivity index (χ3v) is 1.12. The Morgan fingerprint density at radius 1 is 1.44 bits per heavy atom. The first-order chi connectivity index (χ1) is 4.13. The van der Waals surface area contributed by atoms with Crippen LogP contribution in [0, 0.1) is 6.92 Å². The van der Waals surface area contributed by atoms with Crippen LogP contribution < -0.4 is 0 Å². The summed E-state index contributed by atoms with van der Waals surface area (Å²) >= 11 is 0. The number of rotatable bonds is 0. The smallest absolute Gasteiger partial charge is 0.232 e. The molecule has 0 aliphatic carbocycles. The molecule has 0 spiro atoms. The van der Waals surface area contributed by atoms with Gasteiger partial charge < -0.3 is 15.4 Å². The van der Waals surface area contributed by atoms with E-state index in [1.165, 1.54) is 6.07 Å². The molecule has 0 atom stereocenters. The van der Waals surface area contributed by atoms with Crippen LogP contribution in [0.4, 0.5) is 0 Å². The number of aryl methyl sites for hydroxylation is 1. The minimum Gasteiger partial charge on any atom is -0.492 e. The Hall–Kier alpha value is -1.32. The number of hydrogen-bond donors (Lipinski definition) is 3. The minimum atomic E-state index is -0.356. The molecule has 9 heavy (non-hydrogen) atoms. The van der Waals surface area contributed by atoms with Crippen LogP contribution in [-0.2, 0) is 0 Å². The van der Waals surface area contributed by atoms with E-state index in [0.717, 1.165) is 0 Å². The van der Waals surface area contributed by atoms with Crippen molar-refractivity contribution in [2.24, 2.45) is 0 Å². The summed E-state index contributed by atoms with van der Waals surface area (Å²) in [7, 11) is 0. The first-order valence-electron chi connectivity index (χ1n) is 2.42. The molecule has 0 saturated heterocycles. The molecule has 1 heterocycles. The third kappa shape index (κ3) is 0.679. The zero-order valence-corrected chi connectivity index (χ0v) is 4.87. The fraction of sp³-hybridized carbons (Fsp3) is 0.200. The standard InChI is InChI=1S/C5H7NO3/c1-3-2-4(7)6(9)5(3)8/h2,7-9H,1H3. The van der Waals surface area contributed by atoms with Crippen molar-refractivity contribution < 1.29 is 15.4 Å². The monoisotopic (exact) mass is 129 g/mol. The fourth-order valence-electron chi connectivity index (χ4n) is 0.595. The summed E-state index contributed by atoms with van der Waals surface area (Å²) in [6.45, 7) is 1.57. The van der Waals surface area contributed by atoms with E-state index in [9.17, 15) is 0 Å². The maximum atomic E-state index is 8.78. The van der Waals surface area contributed by atoms with Gasteiger partial charge in [-0.05, 0) is 6.92 Å². The second-order valence-corrected chi connectivity index (χ2v) is 1.82. The summed E-state index contributed by atoms with van der Waals surface area (Å²) in [4.78, 5) is 0. The summed E-state index contributed by atoms with van der Waals surface area (Å²) in [5.41, 5.74) is 0.440. The van der Waals surface area contributed by atoms with E-state index >= 15 is 0 Å². The van der Waals surface area contributed by atoms with E-state index in [2.05, 4.69) is 0 Å². The van der Waals surface area contributed by atoms with Crippen LogP contribution >= 0.6 is 0 Å². The molecule has 0 aliphatic heterocycles. The van der Waals surface area contributed by atoms with Crippen molar-refractivity contribution in [3.63, 3.8) is 0 Å². The molecule has 1 aromatic heterocycles. The molecule has 0 unspecified atom stereocenters. The average Bonchev–Trinajstić information content (AvgIpc) is 1.98. The minimum absolute atomic E-state index is 0.315. The molecule has 0 aliphatic rings. The number of aromatic hydroxyl groups is 2. The van der Waals surface area contributed by atoms with E-state index in [-0.39, 0.29) is 11.8 Å². The normalized spacial score (nSPS) is 9.89. The molecule has 4 heteroatoms. The Balaban J connectivity index is 3.29. The van der Waals surface area contributed by atoms with Crippen LogP contribution in [0.15, 0.2) is 6.07 Å². The Bertz CT molecular complexity index is 206. The van der Waals surface area contributed by atoms with Gasteiger partial charge in [0.25, 0.3) is 0 Å². The van der Waals surface area contributed by atoms with Crippen LogP contribution in [-0.4, -0.2) is 20.2 Å². The van der Waals surface area contributed by atoms with Gasteiger partial charge in [-0.2, -0.15) is 0 Å². The van der Waals surface area contributed by atoms with Crippen LogP contribution in [0.1, 0.15) is 5.56 Å². The zero-order chi connectivity index (χ0) is 7.02. The predicted molar refractivity (Wildman–Crippen MR) is 29.7 cm³/mol. The Kier molecular flexibility index (Phi) is 1.02. The second kappa shape index (κ2) is 1.58. The summed E-state index contributed by atoms with van der Waals surface area (Å²) in [6.07, 6.45) is 0. The van der Waals surface area contributed by atoms with Crippen molar-refractivity contribution in [2.45, 2.75) is 6.92 Å². The lowest BCUT2D eigenvalue weighted by Crippen LogP contribution is -1.86. The lowest BCUT2D eigenvalue weighted by atomic mass is 10.4. The zero-order valence-electron chi connectivity index (χ0n) is 4.87. The van der Waals surface area contributed by atoms with Gasteiger partial charge in [-0.3, -0.25) is 0 Å². The van der Waals surface area contributed by atoms with E-state index in [1.54, 1.807) is 6.92 Å². The van der Waals surface area contributed by atoms with E-state index in [1.807, 2.05) is 0 Å². The van der Waals surface area contributed by atoms with E-state index < -0.39 is 0 Å². The lowest BCUT2D eigenvalue weighted by molar-refractivity contribution is 0.130. The highest BCUT2D eigenvalue weighted by Crippen LogP contribution is 2.23. The maximum Gasteiger partial charge on any atom is 0.232 e. The fourth-order valence-corrected chi connectivity index (χ4v) is 0.595. The van der Waals surface area contributed by atoms with Crippen LogP contribution in [0.25, 0.3) is 0 Å². The van der Waals surface area contributed by atoms with E-state index in [4.69, 9.17) is 15.4 Å². The van der Waals surface area contributed by atoms with Gasteiger partial charge in [-0.1, -0.05) is 0 Å². The molecule has 0 radical (unpaired) electrons. The highest BCUT2D eigenvalue weighted by atomic mass is 16.5. The van der Waals surface area contributed by atoms with Crippen LogP contribution in [0.2, 0.25) is 0 Å². The summed E-state index contributed by atoms with van der Waals surface area (Å²) in [6, 6.07) is 1.26. The molecule has 0 amide bonds. The van der Waals surface area contributed by atoms with Gasteiger partial charge in [0.2, 0.25) is 11.8 Å². The van der Waals surface area contributed by atoms with Crippen molar-refractivity contribution in [1.82, 2.24) is 4.73 Å². The Labute approximate surface area is 51.6 Å². The second-order valence-electron chi connectivity index (χ2n) is 1.82. The van der Waals surface area contributed by atoms with Crippen molar-refractivity contribution in [3.05, 3.63) is 11.6 Å². The molecular formula is C5H7NO3. The van der Waals surface area contributed by atoms with Crippen molar-refractivity contribution >= 4 is 0 Å². The van der Waals surface area contributed by atoms with Gasteiger partial charge in [-0.25, -0.2) is 0 Å². The third-order valence-electron chi connectivity index (χ3n) is 1.12. The molecular weight excluding hydrogens is 122 g/mol. The molecule has 4 nitrogen and oxygen atoms in total. The number of nitrogens with zero attached hydrogens (tertiary/aromatic N) is 1. The van der Waals surface area contributed by atoms with E-state index in [0.29, 0.717) is 10.3 Å². The Morgan fingerprint density at radius 2 is 2.00 bits per heavy atom. The maximum absolute atomic E-state index is 8.78. The predicted octanol–water partition coefficient (Wildman–Crippen LogP) is 0.445. The summed E-state index contributed by atoms with van der Waals surface area (Å²) in [5.74, 6) is -0.683. The lowest BCUT2D eigenvalue weighted by Gasteiger charge is -1.92. The molecule has 1 aromatic rings. The van der Waals surface area contributed by atoms with Gasteiger partial charge in [-0.15, -0.1) is 4.73 Å². The van der Waals surface area contributed by atoms with Crippen molar-refractivity contribution in [3.8, 4) is 11.8 Å². The van der Waals surface area contributed by atoms with Gasteiger partial charge in [0.15, 0.2) is 0 Å². The van der Waals surface area contributed by atoms with Crippen molar-refractivity contribution in [2.75, 3.05) is 0 Å². The van der Waals surface area contributed by atoms with Crippen molar-refractivity contribution in [1.29, 1.82) is 0 Å². The van der Waals surface area contributed by atoms with Gasteiger partial charge in [0.05, 0.1) is 0 Å². The molecule has 0 bridgehead atoms. The van der Waals surface area contributed by atoms with Gasteiger partial charge in [0.1, 0.15) is 0 Å². The summed E-state index contributed by atoms with van der Waals surface area (Å²) in [5, 5.41) is 26.1. The van der Waals surface area contributed by atoms with Crippen LogP contribution in [0.5, 0.6) is 11.8 Å². The molecule has 0 fully saturated rings.